The van der Waals surface area contributed by atoms with Gasteiger partial charge in [0.1, 0.15) is 5.69 Å². The molecule has 0 atom stereocenters. The van der Waals surface area contributed by atoms with Crippen LogP contribution in [0.15, 0.2) is 17.2 Å². The molecule has 1 aromatic heterocycles. The molecule has 0 aromatic carbocycles. The molecule has 0 N–H and O–H groups in total. The van der Waals surface area contributed by atoms with Crippen LogP contribution in [0.25, 0.3) is 6.08 Å². The van der Waals surface area contributed by atoms with Crippen LogP contribution in [0.5, 0.6) is 0 Å². The van der Waals surface area contributed by atoms with Crippen molar-refractivity contribution in [3.05, 3.63) is 28.7 Å². The van der Waals surface area contributed by atoms with Crippen LogP contribution in [0.1, 0.15) is 12.6 Å². The summed E-state index contributed by atoms with van der Waals surface area (Å²) in [5, 5.41) is 0. The maximum Gasteiger partial charge on any atom is 0.197 e. The van der Waals surface area contributed by atoms with E-state index in [1.165, 1.54) is 12.3 Å². The van der Waals surface area contributed by atoms with E-state index in [1.807, 2.05) is 6.92 Å². The molecule has 1 rings (SSSR count). The number of hydrogen-bond acceptors (Lipinski definition) is 3. The zero-order valence-corrected chi connectivity index (χ0v) is 8.58. The molecule has 1 heterocycles. The molecule has 0 aliphatic rings. The van der Waals surface area contributed by atoms with Crippen LogP contribution in [0, 0.1) is 5.82 Å². The fourth-order valence-corrected chi connectivity index (χ4v) is 0.977. The summed E-state index contributed by atoms with van der Waals surface area (Å²) in [7, 11) is 0. The fraction of sp³-hybridized carbons (Fsp3) is 0.250. The second-order valence-electron chi connectivity index (χ2n) is 2.13. The van der Waals surface area contributed by atoms with Crippen molar-refractivity contribution in [1.82, 2.24) is 9.97 Å². The van der Waals surface area contributed by atoms with Gasteiger partial charge < -0.3 is 4.74 Å². The van der Waals surface area contributed by atoms with Gasteiger partial charge in [-0.3, -0.25) is 0 Å². The lowest BCUT2D eigenvalue weighted by molar-refractivity contribution is 0.272. The van der Waals surface area contributed by atoms with Gasteiger partial charge in [0.25, 0.3) is 0 Å². The number of hydrogen-bond donors (Lipinski definition) is 0. The minimum Gasteiger partial charge on any atom is -0.501 e. The van der Waals surface area contributed by atoms with Gasteiger partial charge in [0, 0.05) is 6.08 Å². The average molecular weight is 247 g/mol. The highest BCUT2D eigenvalue weighted by Crippen LogP contribution is 2.08. The zero-order chi connectivity index (χ0) is 9.68. The lowest BCUT2D eigenvalue weighted by Crippen LogP contribution is -1.91. The lowest BCUT2D eigenvalue weighted by atomic mass is 10.4. The molecular formula is C8H8BrFN2O. The number of nitrogens with zero attached hydrogens (tertiary/aromatic N) is 2. The molecule has 0 bridgehead atoms. The molecule has 0 spiro atoms. The highest BCUT2D eigenvalue weighted by atomic mass is 79.9. The van der Waals surface area contributed by atoms with Crippen molar-refractivity contribution in [1.29, 1.82) is 0 Å². The number of halogens is 2. The first-order valence-electron chi connectivity index (χ1n) is 3.70. The molecule has 3 nitrogen and oxygen atoms in total. The summed E-state index contributed by atoms with van der Waals surface area (Å²) >= 11 is 3.04. The summed E-state index contributed by atoms with van der Waals surface area (Å²) < 4.78 is 18.2. The van der Waals surface area contributed by atoms with Gasteiger partial charge in [0.2, 0.25) is 0 Å². The Morgan fingerprint density at radius 1 is 1.69 bits per heavy atom. The van der Waals surface area contributed by atoms with Crippen molar-refractivity contribution in [2.75, 3.05) is 6.61 Å². The minimum atomic E-state index is -0.473. The quantitative estimate of drug-likeness (QED) is 0.607. The Hall–Kier alpha value is -0.970. The number of aromatic nitrogens is 2. The minimum absolute atomic E-state index is 0.204. The normalized spacial score (nSPS) is 10.7. The molecule has 5 heteroatoms. The Morgan fingerprint density at radius 2 is 2.46 bits per heavy atom. The van der Waals surface area contributed by atoms with Crippen LogP contribution in [0.2, 0.25) is 0 Å². The monoisotopic (exact) mass is 246 g/mol. The van der Waals surface area contributed by atoms with Crippen LogP contribution >= 0.6 is 15.9 Å². The Kier molecular flexibility index (Phi) is 3.82. The third kappa shape index (κ3) is 3.10. The second kappa shape index (κ2) is 4.91. The number of ether oxygens (including phenoxy) is 1. The molecule has 0 fully saturated rings. The number of rotatable bonds is 3. The summed E-state index contributed by atoms with van der Waals surface area (Å²) in [4.78, 5) is 7.43. The molecule has 0 unspecified atom stereocenters. The van der Waals surface area contributed by atoms with E-state index in [0.717, 1.165) is 6.20 Å². The molecule has 13 heavy (non-hydrogen) atoms. The van der Waals surface area contributed by atoms with Crippen molar-refractivity contribution in [3.63, 3.8) is 0 Å². The maximum absolute atomic E-state index is 12.9. The summed E-state index contributed by atoms with van der Waals surface area (Å²) in [6.45, 7) is 2.39. The van der Waals surface area contributed by atoms with E-state index in [1.54, 1.807) is 0 Å². The van der Waals surface area contributed by atoms with Gasteiger partial charge >= 0.3 is 0 Å². The molecule has 0 saturated heterocycles. The first-order chi connectivity index (χ1) is 6.24. The van der Waals surface area contributed by atoms with Gasteiger partial charge in [-0.15, -0.1) is 0 Å². The first kappa shape index (κ1) is 10.1. The van der Waals surface area contributed by atoms with E-state index in [9.17, 15) is 4.39 Å². The Bertz CT molecular complexity index is 317. The molecule has 0 radical (unpaired) electrons. The van der Waals surface area contributed by atoms with Gasteiger partial charge in [0.05, 0.1) is 19.1 Å². The predicted octanol–water partition coefficient (Wildman–Crippen LogP) is 2.39. The van der Waals surface area contributed by atoms with Crippen LogP contribution in [-0.2, 0) is 4.74 Å². The van der Waals surface area contributed by atoms with E-state index in [-0.39, 0.29) is 5.69 Å². The van der Waals surface area contributed by atoms with E-state index in [4.69, 9.17) is 4.74 Å². The van der Waals surface area contributed by atoms with Gasteiger partial charge in [-0.1, -0.05) is 0 Å². The smallest absolute Gasteiger partial charge is 0.197 e. The van der Waals surface area contributed by atoms with Crippen molar-refractivity contribution in [3.8, 4) is 0 Å². The third-order valence-electron chi connectivity index (χ3n) is 1.23. The Labute approximate surface area is 83.8 Å². The molecule has 70 valence electrons. The lowest BCUT2D eigenvalue weighted by Gasteiger charge is -1.96. The Morgan fingerprint density at radius 3 is 3.15 bits per heavy atom. The van der Waals surface area contributed by atoms with Gasteiger partial charge in [0.15, 0.2) is 10.6 Å². The van der Waals surface area contributed by atoms with Crippen LogP contribution in [-0.4, -0.2) is 16.6 Å². The van der Waals surface area contributed by atoms with Gasteiger partial charge in [-0.05, 0) is 22.9 Å². The summed E-state index contributed by atoms with van der Waals surface area (Å²) in [6, 6.07) is 0. The standard InChI is InChI=1S/C8H8BrFN2O/c1-2-13-4-3-7-6(10)5-11-8(9)12-7/h3-5H,2H2,1H3. The molecule has 0 saturated carbocycles. The second-order valence-corrected chi connectivity index (χ2v) is 2.84. The van der Waals surface area contributed by atoms with Crippen LogP contribution in [0.4, 0.5) is 4.39 Å². The summed E-state index contributed by atoms with van der Waals surface area (Å²) in [6.07, 6.45) is 3.95. The third-order valence-corrected chi connectivity index (χ3v) is 1.61. The Balaban J connectivity index is 2.81. The highest BCUT2D eigenvalue weighted by Gasteiger charge is 2.01. The average Bonchev–Trinajstić information content (AvgIpc) is 2.11. The topological polar surface area (TPSA) is 35.0 Å². The predicted molar refractivity (Wildman–Crippen MR) is 50.4 cm³/mol. The van der Waals surface area contributed by atoms with E-state index in [2.05, 4.69) is 25.9 Å². The molecular weight excluding hydrogens is 239 g/mol. The fourth-order valence-electron chi connectivity index (χ4n) is 0.683. The van der Waals surface area contributed by atoms with E-state index < -0.39 is 5.82 Å². The first-order valence-corrected chi connectivity index (χ1v) is 4.49. The van der Waals surface area contributed by atoms with Crippen LogP contribution in [0.3, 0.4) is 0 Å². The van der Waals surface area contributed by atoms with E-state index >= 15 is 0 Å². The zero-order valence-electron chi connectivity index (χ0n) is 7.00. The molecule has 0 aliphatic carbocycles. The van der Waals surface area contributed by atoms with Gasteiger partial charge in [-0.2, -0.15) is 0 Å². The SMILES string of the molecule is CCOC=Cc1nc(Br)ncc1F. The molecule has 0 amide bonds. The summed E-state index contributed by atoms with van der Waals surface area (Å²) in [5.41, 5.74) is 0.204. The maximum atomic E-state index is 12.9. The highest BCUT2D eigenvalue weighted by molar-refractivity contribution is 9.10. The molecule has 1 aromatic rings. The van der Waals surface area contributed by atoms with Crippen molar-refractivity contribution < 1.29 is 9.13 Å². The van der Waals surface area contributed by atoms with E-state index in [0.29, 0.717) is 11.3 Å². The van der Waals surface area contributed by atoms with Gasteiger partial charge in [-0.25, -0.2) is 14.4 Å². The van der Waals surface area contributed by atoms with Crippen LogP contribution < -0.4 is 0 Å². The van der Waals surface area contributed by atoms with Crippen molar-refractivity contribution >= 4 is 22.0 Å². The molecule has 0 aliphatic heterocycles. The van der Waals surface area contributed by atoms with Crippen molar-refractivity contribution in [2.24, 2.45) is 0 Å². The largest absolute Gasteiger partial charge is 0.501 e. The summed E-state index contributed by atoms with van der Waals surface area (Å²) in [5.74, 6) is -0.473. The van der Waals surface area contributed by atoms with Crippen molar-refractivity contribution in [2.45, 2.75) is 6.92 Å².